The Labute approximate surface area is 153 Å². The molecule has 0 bridgehead atoms. The van der Waals surface area contributed by atoms with Crippen molar-refractivity contribution < 1.29 is 9.18 Å². The second-order valence-electron chi connectivity index (χ2n) is 6.65. The highest BCUT2D eigenvalue weighted by Crippen LogP contribution is 2.21. The van der Waals surface area contributed by atoms with E-state index >= 15 is 0 Å². The maximum Gasteiger partial charge on any atom is 0.274 e. The van der Waals surface area contributed by atoms with Gasteiger partial charge in [0.05, 0.1) is 12.4 Å². The first-order valence-electron chi connectivity index (χ1n) is 9.28. The number of benzene rings is 1. The van der Waals surface area contributed by atoms with E-state index in [2.05, 4.69) is 22.2 Å². The summed E-state index contributed by atoms with van der Waals surface area (Å²) in [6.45, 7) is 3.59. The molecule has 138 valence electrons. The monoisotopic (exact) mass is 356 g/mol. The number of hydrogen-bond donors (Lipinski definition) is 1. The Bertz CT molecular complexity index is 718. The van der Waals surface area contributed by atoms with E-state index in [4.69, 9.17) is 0 Å². The van der Waals surface area contributed by atoms with Crippen LogP contribution in [0.25, 0.3) is 0 Å². The molecule has 1 fully saturated rings. The van der Waals surface area contributed by atoms with Crippen molar-refractivity contribution in [1.29, 1.82) is 0 Å². The van der Waals surface area contributed by atoms with Crippen LogP contribution in [-0.2, 0) is 6.42 Å². The number of likely N-dealkylation sites (tertiary alicyclic amines) is 1. The minimum Gasteiger partial charge on any atom is -0.368 e. The standard InChI is InChI=1S/C20H25FN4O/c1-2-17-5-3-4-12-25(17)20(26)18-13-24-19(14-23-18)22-11-10-15-6-8-16(21)9-7-15/h6-9,13-14,17H,2-5,10-12H2,1H3,(H,22,24). The van der Waals surface area contributed by atoms with Gasteiger partial charge in [0.25, 0.3) is 5.91 Å². The van der Waals surface area contributed by atoms with Crippen molar-refractivity contribution in [2.75, 3.05) is 18.4 Å². The summed E-state index contributed by atoms with van der Waals surface area (Å²) < 4.78 is 12.9. The van der Waals surface area contributed by atoms with Gasteiger partial charge < -0.3 is 10.2 Å². The van der Waals surface area contributed by atoms with Crippen LogP contribution in [0.2, 0.25) is 0 Å². The fourth-order valence-corrected chi connectivity index (χ4v) is 3.36. The normalized spacial score (nSPS) is 17.2. The number of aromatic nitrogens is 2. The molecule has 0 radical (unpaired) electrons. The van der Waals surface area contributed by atoms with Crippen LogP contribution >= 0.6 is 0 Å². The van der Waals surface area contributed by atoms with Gasteiger partial charge in [0.2, 0.25) is 0 Å². The summed E-state index contributed by atoms with van der Waals surface area (Å²) in [7, 11) is 0. The smallest absolute Gasteiger partial charge is 0.274 e. The van der Waals surface area contributed by atoms with E-state index < -0.39 is 0 Å². The summed E-state index contributed by atoms with van der Waals surface area (Å²) >= 11 is 0. The Hall–Kier alpha value is -2.50. The first-order chi connectivity index (χ1) is 12.7. The van der Waals surface area contributed by atoms with Gasteiger partial charge in [-0.2, -0.15) is 0 Å². The highest BCUT2D eigenvalue weighted by Gasteiger charge is 2.27. The third kappa shape index (κ3) is 4.56. The topological polar surface area (TPSA) is 58.1 Å². The average molecular weight is 356 g/mol. The van der Waals surface area contributed by atoms with Crippen molar-refractivity contribution in [2.45, 2.75) is 45.1 Å². The van der Waals surface area contributed by atoms with Gasteiger partial charge in [-0.15, -0.1) is 0 Å². The zero-order valence-corrected chi connectivity index (χ0v) is 15.1. The van der Waals surface area contributed by atoms with Gasteiger partial charge >= 0.3 is 0 Å². The Morgan fingerprint density at radius 1 is 1.23 bits per heavy atom. The SMILES string of the molecule is CCC1CCCCN1C(=O)c1cnc(NCCc2ccc(F)cc2)cn1. The number of nitrogens with one attached hydrogen (secondary N) is 1. The van der Waals surface area contributed by atoms with Gasteiger partial charge in [-0.3, -0.25) is 4.79 Å². The van der Waals surface area contributed by atoms with E-state index in [0.717, 1.165) is 37.8 Å². The van der Waals surface area contributed by atoms with Crippen LogP contribution in [0, 0.1) is 5.82 Å². The number of amides is 1. The molecule has 0 saturated carbocycles. The fourth-order valence-electron chi connectivity index (χ4n) is 3.36. The highest BCUT2D eigenvalue weighted by atomic mass is 19.1. The molecule has 6 heteroatoms. The largest absolute Gasteiger partial charge is 0.368 e. The molecule has 2 heterocycles. The van der Waals surface area contributed by atoms with Gasteiger partial charge in [0.1, 0.15) is 17.3 Å². The number of rotatable bonds is 6. The Morgan fingerprint density at radius 2 is 2.04 bits per heavy atom. The molecule has 5 nitrogen and oxygen atoms in total. The summed E-state index contributed by atoms with van der Waals surface area (Å²) in [5, 5.41) is 3.18. The van der Waals surface area contributed by atoms with Gasteiger partial charge in [-0.1, -0.05) is 19.1 Å². The van der Waals surface area contributed by atoms with Crippen molar-refractivity contribution in [2.24, 2.45) is 0 Å². The lowest BCUT2D eigenvalue weighted by atomic mass is 10.00. The van der Waals surface area contributed by atoms with Gasteiger partial charge in [-0.05, 0) is 49.8 Å². The number of piperidine rings is 1. The first kappa shape index (κ1) is 18.3. The molecule has 1 N–H and O–H groups in total. The summed E-state index contributed by atoms with van der Waals surface area (Å²) in [4.78, 5) is 23.2. The number of anilines is 1. The van der Waals surface area contributed by atoms with Crippen LogP contribution in [0.4, 0.5) is 10.2 Å². The minimum atomic E-state index is -0.230. The van der Waals surface area contributed by atoms with E-state index in [-0.39, 0.29) is 11.7 Å². The van der Waals surface area contributed by atoms with E-state index in [1.165, 1.54) is 18.6 Å². The number of nitrogens with zero attached hydrogens (tertiary/aromatic N) is 3. The number of carbonyl (C=O) groups excluding carboxylic acids is 1. The third-order valence-electron chi connectivity index (χ3n) is 4.86. The number of hydrogen-bond acceptors (Lipinski definition) is 4. The molecule has 1 saturated heterocycles. The molecule has 1 aliphatic heterocycles. The van der Waals surface area contributed by atoms with Gasteiger partial charge in [0, 0.05) is 19.1 Å². The quantitative estimate of drug-likeness (QED) is 0.858. The van der Waals surface area contributed by atoms with Gasteiger partial charge in [0.15, 0.2) is 0 Å². The predicted octanol–water partition coefficient (Wildman–Crippen LogP) is 3.68. The molecule has 26 heavy (non-hydrogen) atoms. The summed E-state index contributed by atoms with van der Waals surface area (Å²) in [5.74, 6) is 0.378. The van der Waals surface area contributed by atoms with Crippen LogP contribution in [0.5, 0.6) is 0 Å². The highest BCUT2D eigenvalue weighted by molar-refractivity contribution is 5.92. The molecule has 0 aliphatic carbocycles. The first-order valence-corrected chi connectivity index (χ1v) is 9.28. The molecule has 1 amide bonds. The number of carbonyl (C=O) groups is 1. The zero-order valence-electron chi connectivity index (χ0n) is 15.1. The molecular formula is C20H25FN4O. The van der Waals surface area contributed by atoms with Crippen LogP contribution in [0.3, 0.4) is 0 Å². The molecule has 3 rings (SSSR count). The summed E-state index contributed by atoms with van der Waals surface area (Å²) in [5.41, 5.74) is 1.45. The van der Waals surface area contributed by atoms with E-state index in [0.29, 0.717) is 24.1 Å². The average Bonchev–Trinajstić information content (AvgIpc) is 2.69. The molecule has 1 aliphatic rings. The molecule has 1 aromatic carbocycles. The second-order valence-corrected chi connectivity index (χ2v) is 6.65. The Morgan fingerprint density at radius 3 is 2.73 bits per heavy atom. The fraction of sp³-hybridized carbons (Fsp3) is 0.450. The maximum absolute atomic E-state index is 12.9. The van der Waals surface area contributed by atoms with Crippen molar-refractivity contribution in [3.8, 4) is 0 Å². The molecular weight excluding hydrogens is 331 g/mol. The zero-order chi connectivity index (χ0) is 18.4. The van der Waals surface area contributed by atoms with Crippen LogP contribution in [0.15, 0.2) is 36.7 Å². The van der Waals surface area contributed by atoms with Gasteiger partial charge in [-0.25, -0.2) is 14.4 Å². The van der Waals surface area contributed by atoms with Crippen molar-refractivity contribution in [3.63, 3.8) is 0 Å². The van der Waals surface area contributed by atoms with Crippen LogP contribution in [-0.4, -0.2) is 39.9 Å². The maximum atomic E-state index is 12.9. The lowest BCUT2D eigenvalue weighted by molar-refractivity contribution is 0.0601. The Kier molecular flexibility index (Phi) is 6.15. The minimum absolute atomic E-state index is 0.0260. The molecule has 1 aromatic heterocycles. The molecule has 2 aromatic rings. The molecule has 0 spiro atoms. The van der Waals surface area contributed by atoms with Crippen molar-refractivity contribution in [1.82, 2.24) is 14.9 Å². The summed E-state index contributed by atoms with van der Waals surface area (Å²) in [6, 6.07) is 6.77. The third-order valence-corrected chi connectivity index (χ3v) is 4.86. The van der Waals surface area contributed by atoms with E-state index in [1.807, 2.05) is 4.90 Å². The Balaban J connectivity index is 1.54. The molecule has 1 atom stereocenters. The number of halogens is 1. The molecule has 1 unspecified atom stereocenters. The predicted molar refractivity (Wildman–Crippen MR) is 99.6 cm³/mol. The van der Waals surface area contributed by atoms with Crippen molar-refractivity contribution >= 4 is 11.7 Å². The van der Waals surface area contributed by atoms with E-state index in [1.54, 1.807) is 24.5 Å². The second kappa shape index (κ2) is 8.74. The van der Waals surface area contributed by atoms with Crippen LogP contribution in [0.1, 0.15) is 48.7 Å². The summed E-state index contributed by atoms with van der Waals surface area (Å²) in [6.07, 6.45) is 8.19. The lowest BCUT2D eigenvalue weighted by Crippen LogP contribution is -2.43. The van der Waals surface area contributed by atoms with E-state index in [9.17, 15) is 9.18 Å². The van der Waals surface area contributed by atoms with Crippen LogP contribution < -0.4 is 5.32 Å². The van der Waals surface area contributed by atoms with Crippen molar-refractivity contribution in [3.05, 3.63) is 53.7 Å². The lowest BCUT2D eigenvalue weighted by Gasteiger charge is -2.34.